The Kier molecular flexibility index (Phi) is 3.81. The first-order valence-electron chi connectivity index (χ1n) is 4.95. The Hall–Kier alpha value is -0.700. The Bertz CT molecular complexity index is 233. The smallest absolute Gasteiger partial charge is 0.260 e. The molecule has 80 valence electrons. The van der Waals surface area contributed by atoms with Crippen LogP contribution >= 0.6 is 0 Å². The minimum absolute atomic E-state index is 0.0305. The third kappa shape index (κ3) is 3.22. The van der Waals surface area contributed by atoms with E-state index in [9.17, 15) is 8.78 Å². The number of hydrogen-bond acceptors (Lipinski definition) is 1. The van der Waals surface area contributed by atoms with Gasteiger partial charge in [-0.25, -0.2) is 8.78 Å². The van der Waals surface area contributed by atoms with Gasteiger partial charge in [0.1, 0.15) is 0 Å². The van der Waals surface area contributed by atoms with Gasteiger partial charge in [0, 0.05) is 13.0 Å². The summed E-state index contributed by atoms with van der Waals surface area (Å²) < 4.78 is 26.1. The van der Waals surface area contributed by atoms with Crippen LogP contribution in [0.2, 0.25) is 0 Å². The van der Waals surface area contributed by atoms with Crippen LogP contribution < -0.4 is 0 Å². The first-order valence-corrected chi connectivity index (χ1v) is 4.95. The number of allylic oxidation sites excluding steroid dienone is 1. The molecular formula is C11H17F2N. The average Bonchev–Trinajstić information content (AvgIpc) is 2.12. The summed E-state index contributed by atoms with van der Waals surface area (Å²) in [4.78, 5) is 1.79. The minimum Gasteiger partial charge on any atom is -0.293 e. The summed E-state index contributed by atoms with van der Waals surface area (Å²) in [5.41, 5.74) is 1.02. The third-order valence-corrected chi connectivity index (χ3v) is 2.51. The molecule has 1 saturated heterocycles. The number of piperidine rings is 1. The highest BCUT2D eigenvalue weighted by atomic mass is 19.3. The van der Waals surface area contributed by atoms with Gasteiger partial charge in [-0.2, -0.15) is 0 Å². The lowest BCUT2D eigenvalue weighted by atomic mass is 10.1. The lowest BCUT2D eigenvalue weighted by Gasteiger charge is -2.32. The molecule has 0 atom stereocenters. The molecule has 0 aromatic rings. The van der Waals surface area contributed by atoms with Gasteiger partial charge in [0.2, 0.25) is 0 Å². The molecule has 1 aliphatic heterocycles. The molecule has 1 aliphatic rings. The molecule has 0 amide bonds. The molecule has 0 bridgehead atoms. The molecule has 0 spiro atoms. The predicted molar refractivity (Wildman–Crippen MR) is 54.6 cm³/mol. The average molecular weight is 201 g/mol. The molecule has 0 aromatic heterocycles. The van der Waals surface area contributed by atoms with Crippen molar-refractivity contribution < 1.29 is 8.78 Å². The molecule has 1 rings (SSSR count). The van der Waals surface area contributed by atoms with Gasteiger partial charge in [0.25, 0.3) is 5.92 Å². The van der Waals surface area contributed by atoms with E-state index in [4.69, 9.17) is 0 Å². The monoisotopic (exact) mass is 201 g/mol. The van der Waals surface area contributed by atoms with Crippen molar-refractivity contribution in [1.29, 1.82) is 0 Å². The molecule has 0 N–H and O–H groups in total. The second-order valence-electron chi connectivity index (χ2n) is 3.74. The lowest BCUT2D eigenvalue weighted by Crippen LogP contribution is -2.43. The molecule has 0 saturated carbocycles. The normalized spacial score (nSPS) is 23.5. The summed E-state index contributed by atoms with van der Waals surface area (Å²) in [5.74, 6) is -2.50. The quantitative estimate of drug-likeness (QED) is 0.635. The molecule has 0 aromatic carbocycles. The Morgan fingerprint density at radius 2 is 2.29 bits per heavy atom. The van der Waals surface area contributed by atoms with Gasteiger partial charge < -0.3 is 0 Å². The fraction of sp³-hybridized carbons (Fsp3) is 0.636. The fourth-order valence-electron chi connectivity index (χ4n) is 1.71. The van der Waals surface area contributed by atoms with Crippen molar-refractivity contribution in [3.63, 3.8) is 0 Å². The first kappa shape index (κ1) is 11.4. The summed E-state index contributed by atoms with van der Waals surface area (Å²) in [5, 5.41) is 0. The van der Waals surface area contributed by atoms with E-state index in [0.29, 0.717) is 13.0 Å². The predicted octanol–water partition coefficient (Wildman–Crippen LogP) is 2.85. The summed E-state index contributed by atoms with van der Waals surface area (Å²) >= 11 is 0. The van der Waals surface area contributed by atoms with Crippen molar-refractivity contribution >= 4 is 0 Å². The molecule has 0 radical (unpaired) electrons. The lowest BCUT2D eigenvalue weighted by molar-refractivity contribution is -0.0613. The van der Waals surface area contributed by atoms with Gasteiger partial charge in [-0.05, 0) is 25.5 Å². The van der Waals surface area contributed by atoms with Crippen molar-refractivity contribution in [3.05, 3.63) is 24.3 Å². The van der Waals surface area contributed by atoms with Crippen LogP contribution in [0, 0.1) is 0 Å². The number of hydrogen-bond donors (Lipinski definition) is 0. The van der Waals surface area contributed by atoms with Crippen molar-refractivity contribution in [2.24, 2.45) is 0 Å². The maximum atomic E-state index is 13.0. The minimum atomic E-state index is -2.50. The number of alkyl halides is 2. The molecule has 0 unspecified atom stereocenters. The van der Waals surface area contributed by atoms with E-state index in [0.717, 1.165) is 12.1 Å². The van der Waals surface area contributed by atoms with Crippen LogP contribution in [-0.4, -0.2) is 30.5 Å². The zero-order valence-electron chi connectivity index (χ0n) is 8.60. The van der Waals surface area contributed by atoms with E-state index in [-0.39, 0.29) is 13.0 Å². The summed E-state index contributed by atoms with van der Waals surface area (Å²) in [6.07, 6.45) is 4.26. The SMILES string of the molecule is C=CC(=CC)CN1CCCC(F)(F)C1. The van der Waals surface area contributed by atoms with Crippen LogP contribution in [-0.2, 0) is 0 Å². The Labute approximate surface area is 84.1 Å². The van der Waals surface area contributed by atoms with Crippen molar-refractivity contribution in [3.8, 4) is 0 Å². The zero-order chi connectivity index (χ0) is 10.6. The molecule has 14 heavy (non-hydrogen) atoms. The van der Waals surface area contributed by atoms with Crippen LogP contribution in [0.25, 0.3) is 0 Å². The van der Waals surface area contributed by atoms with Crippen molar-refractivity contribution in [2.75, 3.05) is 19.6 Å². The molecule has 1 fully saturated rings. The van der Waals surface area contributed by atoms with Gasteiger partial charge >= 0.3 is 0 Å². The highest BCUT2D eigenvalue weighted by molar-refractivity contribution is 5.17. The van der Waals surface area contributed by atoms with E-state index in [1.807, 2.05) is 13.0 Å². The summed E-state index contributed by atoms with van der Waals surface area (Å²) in [6, 6.07) is 0. The van der Waals surface area contributed by atoms with Gasteiger partial charge in [0.15, 0.2) is 0 Å². The van der Waals surface area contributed by atoms with Gasteiger partial charge in [-0.15, -0.1) is 0 Å². The van der Waals surface area contributed by atoms with E-state index in [1.54, 1.807) is 11.0 Å². The van der Waals surface area contributed by atoms with Crippen LogP contribution in [0.15, 0.2) is 24.3 Å². The highest BCUT2D eigenvalue weighted by Crippen LogP contribution is 2.26. The van der Waals surface area contributed by atoms with Crippen molar-refractivity contribution in [2.45, 2.75) is 25.7 Å². The van der Waals surface area contributed by atoms with Gasteiger partial charge in [-0.3, -0.25) is 4.90 Å². The second kappa shape index (κ2) is 4.69. The Balaban J connectivity index is 2.49. The largest absolute Gasteiger partial charge is 0.293 e. The fourth-order valence-corrected chi connectivity index (χ4v) is 1.71. The topological polar surface area (TPSA) is 3.24 Å². The molecule has 0 aliphatic carbocycles. The summed E-state index contributed by atoms with van der Waals surface area (Å²) in [7, 11) is 0. The Morgan fingerprint density at radius 3 is 2.79 bits per heavy atom. The van der Waals surface area contributed by atoms with Crippen LogP contribution in [0.4, 0.5) is 8.78 Å². The highest BCUT2D eigenvalue weighted by Gasteiger charge is 2.34. The van der Waals surface area contributed by atoms with E-state index >= 15 is 0 Å². The van der Waals surface area contributed by atoms with Crippen LogP contribution in [0.1, 0.15) is 19.8 Å². The standard InChI is InChI=1S/C11H17F2N/c1-3-10(4-2)8-14-7-5-6-11(12,13)9-14/h3-4H,1,5-9H2,2H3. The first-order chi connectivity index (χ1) is 6.57. The van der Waals surface area contributed by atoms with E-state index in [2.05, 4.69) is 6.58 Å². The Morgan fingerprint density at radius 1 is 1.57 bits per heavy atom. The zero-order valence-corrected chi connectivity index (χ0v) is 8.60. The van der Waals surface area contributed by atoms with Crippen molar-refractivity contribution in [1.82, 2.24) is 4.90 Å². The molecule has 1 nitrogen and oxygen atoms in total. The molecular weight excluding hydrogens is 184 g/mol. The number of rotatable bonds is 3. The van der Waals surface area contributed by atoms with Gasteiger partial charge in [0.05, 0.1) is 6.54 Å². The third-order valence-electron chi connectivity index (χ3n) is 2.51. The van der Waals surface area contributed by atoms with Crippen LogP contribution in [0.3, 0.4) is 0 Å². The molecule has 1 heterocycles. The van der Waals surface area contributed by atoms with Gasteiger partial charge in [-0.1, -0.05) is 18.7 Å². The number of nitrogens with zero attached hydrogens (tertiary/aromatic N) is 1. The molecule has 3 heteroatoms. The van der Waals surface area contributed by atoms with E-state index < -0.39 is 5.92 Å². The van der Waals surface area contributed by atoms with Crippen LogP contribution in [0.5, 0.6) is 0 Å². The summed E-state index contributed by atoms with van der Waals surface area (Å²) in [6.45, 7) is 6.80. The van der Waals surface area contributed by atoms with E-state index in [1.165, 1.54) is 0 Å². The number of halogens is 2. The second-order valence-corrected chi connectivity index (χ2v) is 3.74. The number of likely N-dealkylation sites (tertiary alicyclic amines) is 1. The maximum Gasteiger partial charge on any atom is 0.260 e. The maximum absolute atomic E-state index is 13.0.